The summed E-state index contributed by atoms with van der Waals surface area (Å²) in [5, 5.41) is 0. The molecule has 0 radical (unpaired) electrons. The van der Waals surface area contributed by atoms with Crippen molar-refractivity contribution in [1.29, 1.82) is 0 Å². The summed E-state index contributed by atoms with van der Waals surface area (Å²) >= 11 is 0. The largest absolute Gasteiger partial charge is 0.422 e. The highest BCUT2D eigenvalue weighted by Gasteiger charge is 2.23. The summed E-state index contributed by atoms with van der Waals surface area (Å²) in [5.41, 5.74) is 7.22. The Morgan fingerprint density at radius 2 is 2.47 bits per heavy atom. The van der Waals surface area contributed by atoms with Crippen LogP contribution in [0.4, 0.5) is 6.01 Å². The van der Waals surface area contributed by atoms with Crippen LogP contribution in [0.3, 0.4) is 0 Å². The smallest absolute Gasteiger partial charge is 0.299 e. The van der Waals surface area contributed by atoms with E-state index in [2.05, 4.69) is 14.9 Å². The second-order valence-corrected chi connectivity index (χ2v) is 3.82. The van der Waals surface area contributed by atoms with Gasteiger partial charge in [-0.2, -0.15) is 4.98 Å². The lowest BCUT2D eigenvalue weighted by Crippen LogP contribution is -2.26. The van der Waals surface area contributed by atoms with Gasteiger partial charge in [-0.05, 0) is 18.6 Å². The van der Waals surface area contributed by atoms with Crippen molar-refractivity contribution in [3.05, 3.63) is 18.3 Å². The van der Waals surface area contributed by atoms with E-state index >= 15 is 0 Å². The zero-order valence-corrected chi connectivity index (χ0v) is 8.26. The molecule has 78 valence electrons. The molecule has 1 saturated heterocycles. The summed E-state index contributed by atoms with van der Waals surface area (Å²) in [6.45, 7) is 1.72. The molecule has 0 amide bonds. The van der Waals surface area contributed by atoms with Gasteiger partial charge < -0.3 is 15.1 Å². The number of hydrogen-bond donors (Lipinski definition) is 1. The van der Waals surface area contributed by atoms with Crippen LogP contribution in [0.15, 0.2) is 22.7 Å². The Hall–Kier alpha value is -1.62. The number of oxazole rings is 1. The maximum absolute atomic E-state index is 5.83. The summed E-state index contributed by atoms with van der Waals surface area (Å²) in [5.74, 6) is 0. The first-order valence-electron chi connectivity index (χ1n) is 5.05. The zero-order valence-electron chi connectivity index (χ0n) is 8.26. The number of hydrogen-bond acceptors (Lipinski definition) is 5. The average molecular weight is 204 g/mol. The van der Waals surface area contributed by atoms with Crippen LogP contribution in [0, 0.1) is 0 Å². The summed E-state index contributed by atoms with van der Waals surface area (Å²) in [7, 11) is 0. The lowest BCUT2D eigenvalue weighted by molar-refractivity contribution is 0.583. The monoisotopic (exact) mass is 204 g/mol. The van der Waals surface area contributed by atoms with Crippen molar-refractivity contribution in [3.8, 4) is 0 Å². The van der Waals surface area contributed by atoms with Gasteiger partial charge in [-0.15, -0.1) is 0 Å². The Morgan fingerprint density at radius 1 is 1.53 bits per heavy atom. The molecule has 1 aliphatic heterocycles. The molecule has 5 nitrogen and oxygen atoms in total. The zero-order chi connectivity index (χ0) is 10.3. The minimum atomic E-state index is 0.230. The van der Waals surface area contributed by atoms with E-state index in [0.717, 1.165) is 25.1 Å². The molecule has 0 aliphatic carbocycles. The molecule has 0 unspecified atom stereocenters. The molecule has 2 N–H and O–H groups in total. The van der Waals surface area contributed by atoms with Crippen LogP contribution in [0.2, 0.25) is 0 Å². The molecule has 1 fully saturated rings. The van der Waals surface area contributed by atoms with Crippen LogP contribution in [-0.4, -0.2) is 29.1 Å². The SMILES string of the molecule is N[C@@H]1CCN(c2nc3ncccc3o2)C1. The molecule has 2 aromatic heterocycles. The second kappa shape index (κ2) is 3.20. The Bertz CT molecular complexity index is 448. The minimum absolute atomic E-state index is 0.230. The third kappa shape index (κ3) is 1.45. The van der Waals surface area contributed by atoms with E-state index in [1.165, 1.54) is 0 Å². The van der Waals surface area contributed by atoms with Crippen LogP contribution < -0.4 is 10.6 Å². The van der Waals surface area contributed by atoms with Gasteiger partial charge >= 0.3 is 0 Å². The van der Waals surface area contributed by atoms with E-state index in [9.17, 15) is 0 Å². The first kappa shape index (κ1) is 8.67. The number of anilines is 1. The molecule has 3 heterocycles. The highest BCUT2D eigenvalue weighted by molar-refractivity contribution is 5.69. The van der Waals surface area contributed by atoms with Crippen LogP contribution in [-0.2, 0) is 0 Å². The van der Waals surface area contributed by atoms with E-state index in [0.29, 0.717) is 11.7 Å². The average Bonchev–Trinajstić information content (AvgIpc) is 2.82. The van der Waals surface area contributed by atoms with E-state index < -0.39 is 0 Å². The van der Waals surface area contributed by atoms with Crippen LogP contribution in [0.1, 0.15) is 6.42 Å². The first-order valence-corrected chi connectivity index (χ1v) is 5.05. The Labute approximate surface area is 86.9 Å². The lowest BCUT2D eigenvalue weighted by atomic mass is 10.3. The molecule has 2 aromatic rings. The van der Waals surface area contributed by atoms with Gasteiger partial charge in [-0.3, -0.25) is 0 Å². The highest BCUT2D eigenvalue weighted by atomic mass is 16.4. The van der Waals surface area contributed by atoms with Gasteiger partial charge in [0, 0.05) is 25.3 Å². The number of fused-ring (bicyclic) bond motifs is 1. The number of aromatic nitrogens is 2. The quantitative estimate of drug-likeness (QED) is 0.742. The van der Waals surface area contributed by atoms with Gasteiger partial charge in [-0.25, -0.2) is 4.98 Å². The van der Waals surface area contributed by atoms with Gasteiger partial charge in [0.2, 0.25) is 5.65 Å². The number of rotatable bonds is 1. The highest BCUT2D eigenvalue weighted by Crippen LogP contribution is 2.22. The van der Waals surface area contributed by atoms with Crippen molar-refractivity contribution in [2.75, 3.05) is 18.0 Å². The van der Waals surface area contributed by atoms with Crippen molar-refractivity contribution < 1.29 is 4.42 Å². The van der Waals surface area contributed by atoms with Gasteiger partial charge in [0.15, 0.2) is 5.58 Å². The topological polar surface area (TPSA) is 68.2 Å². The van der Waals surface area contributed by atoms with Crippen molar-refractivity contribution in [1.82, 2.24) is 9.97 Å². The maximum Gasteiger partial charge on any atom is 0.299 e. The predicted molar refractivity (Wildman–Crippen MR) is 56.6 cm³/mol. The van der Waals surface area contributed by atoms with Crippen LogP contribution in [0.25, 0.3) is 11.2 Å². The second-order valence-electron chi connectivity index (χ2n) is 3.82. The van der Waals surface area contributed by atoms with Crippen molar-refractivity contribution in [2.24, 2.45) is 5.73 Å². The number of nitrogens with two attached hydrogens (primary N) is 1. The summed E-state index contributed by atoms with van der Waals surface area (Å²) in [6.07, 6.45) is 2.70. The molecule has 0 bridgehead atoms. The summed E-state index contributed by atoms with van der Waals surface area (Å²) < 4.78 is 5.60. The molecular weight excluding hydrogens is 192 g/mol. The summed E-state index contributed by atoms with van der Waals surface area (Å²) in [6, 6.07) is 4.58. The van der Waals surface area contributed by atoms with Gasteiger partial charge in [0.25, 0.3) is 6.01 Å². The van der Waals surface area contributed by atoms with Crippen molar-refractivity contribution in [2.45, 2.75) is 12.5 Å². The van der Waals surface area contributed by atoms with E-state index in [1.807, 2.05) is 12.1 Å². The minimum Gasteiger partial charge on any atom is -0.422 e. The number of nitrogens with zero attached hydrogens (tertiary/aromatic N) is 3. The third-order valence-electron chi connectivity index (χ3n) is 2.65. The number of pyridine rings is 1. The molecule has 1 aliphatic rings. The van der Waals surface area contributed by atoms with Crippen molar-refractivity contribution >= 4 is 17.2 Å². The molecule has 3 rings (SSSR count). The van der Waals surface area contributed by atoms with Gasteiger partial charge in [0.1, 0.15) is 0 Å². The molecule has 0 spiro atoms. The van der Waals surface area contributed by atoms with E-state index in [1.54, 1.807) is 6.20 Å². The fourth-order valence-corrected chi connectivity index (χ4v) is 1.85. The molecule has 0 saturated carbocycles. The van der Waals surface area contributed by atoms with Crippen LogP contribution >= 0.6 is 0 Å². The van der Waals surface area contributed by atoms with Crippen molar-refractivity contribution in [3.63, 3.8) is 0 Å². The molecule has 1 atom stereocenters. The normalized spacial score (nSPS) is 21.4. The first-order chi connectivity index (χ1) is 7.33. The standard InChI is InChI=1S/C10H12N4O/c11-7-3-5-14(6-7)10-13-9-8(15-10)2-1-4-12-9/h1-2,4,7H,3,5-6,11H2/t7-/m1/s1. The van der Waals surface area contributed by atoms with E-state index in [-0.39, 0.29) is 6.04 Å². The lowest BCUT2D eigenvalue weighted by Gasteiger charge is -2.11. The Kier molecular flexibility index (Phi) is 1.85. The summed E-state index contributed by atoms with van der Waals surface area (Å²) in [4.78, 5) is 10.5. The Morgan fingerprint density at radius 3 is 3.20 bits per heavy atom. The van der Waals surface area contributed by atoms with E-state index in [4.69, 9.17) is 10.2 Å². The molecule has 0 aromatic carbocycles. The van der Waals surface area contributed by atoms with Gasteiger partial charge in [0.05, 0.1) is 0 Å². The van der Waals surface area contributed by atoms with Crippen LogP contribution in [0.5, 0.6) is 0 Å². The molecule has 5 heteroatoms. The molecule has 15 heavy (non-hydrogen) atoms. The van der Waals surface area contributed by atoms with Gasteiger partial charge in [-0.1, -0.05) is 0 Å². The fraction of sp³-hybridized carbons (Fsp3) is 0.400. The Balaban J connectivity index is 1.98. The molecular formula is C10H12N4O. The third-order valence-corrected chi connectivity index (χ3v) is 2.65. The fourth-order valence-electron chi connectivity index (χ4n) is 1.85. The maximum atomic E-state index is 5.83. The predicted octanol–water partition coefficient (Wildman–Crippen LogP) is 0.760.